The Morgan fingerprint density at radius 1 is 0.938 bits per heavy atom. The minimum absolute atomic E-state index is 0.139. The van der Waals surface area contributed by atoms with Crippen molar-refractivity contribution in [3.63, 3.8) is 0 Å². The number of carbonyl (C=O) groups is 1. The van der Waals surface area contributed by atoms with E-state index in [2.05, 4.69) is 0 Å². The fourth-order valence-electron chi connectivity index (χ4n) is 3.05. The molecule has 1 aliphatic heterocycles. The van der Waals surface area contributed by atoms with Gasteiger partial charge in [0.05, 0.1) is 15.6 Å². The molecule has 3 aromatic carbocycles. The van der Waals surface area contributed by atoms with Crippen molar-refractivity contribution in [2.24, 2.45) is 0 Å². The molecule has 0 bridgehead atoms. The van der Waals surface area contributed by atoms with Crippen molar-refractivity contribution < 1.29 is 18.7 Å². The second kappa shape index (κ2) is 10.2. The minimum Gasteiger partial charge on any atom is -0.489 e. The maximum absolute atomic E-state index is 14.2. The average molecular weight is 486 g/mol. The van der Waals surface area contributed by atoms with Crippen molar-refractivity contribution in [3.05, 3.63) is 94.1 Å². The van der Waals surface area contributed by atoms with Crippen molar-refractivity contribution in [3.8, 4) is 11.5 Å². The SMILES string of the molecule is O=C1/C(=C/c2ccccc2OCCOc2ccccc2Cl)SC(=S)N1c1ccccc1F. The molecule has 3 aromatic rings. The van der Waals surface area contributed by atoms with Crippen LogP contribution in [0.15, 0.2) is 77.7 Å². The number of para-hydroxylation sites is 3. The Kier molecular flexibility index (Phi) is 7.09. The first kappa shape index (κ1) is 22.3. The number of hydrogen-bond acceptors (Lipinski definition) is 5. The van der Waals surface area contributed by atoms with Crippen LogP contribution in [-0.4, -0.2) is 23.4 Å². The Balaban J connectivity index is 1.47. The van der Waals surface area contributed by atoms with E-state index in [9.17, 15) is 9.18 Å². The van der Waals surface area contributed by atoms with Gasteiger partial charge >= 0.3 is 0 Å². The number of benzene rings is 3. The van der Waals surface area contributed by atoms with E-state index in [1.165, 1.54) is 17.0 Å². The largest absolute Gasteiger partial charge is 0.489 e. The van der Waals surface area contributed by atoms with Crippen LogP contribution in [0.4, 0.5) is 10.1 Å². The summed E-state index contributed by atoms with van der Waals surface area (Å²) in [7, 11) is 0. The van der Waals surface area contributed by atoms with Crippen LogP contribution in [0.2, 0.25) is 5.02 Å². The van der Waals surface area contributed by atoms with Crippen LogP contribution in [0.3, 0.4) is 0 Å². The third kappa shape index (κ3) is 4.96. The van der Waals surface area contributed by atoms with Gasteiger partial charge in [0, 0.05) is 5.56 Å². The molecular weight excluding hydrogens is 469 g/mol. The van der Waals surface area contributed by atoms with Crippen molar-refractivity contribution in [2.75, 3.05) is 18.1 Å². The molecule has 0 N–H and O–H groups in total. The number of carbonyl (C=O) groups excluding carboxylic acids is 1. The van der Waals surface area contributed by atoms with E-state index in [4.69, 9.17) is 33.3 Å². The predicted molar refractivity (Wildman–Crippen MR) is 131 cm³/mol. The molecule has 0 radical (unpaired) electrons. The highest BCUT2D eigenvalue weighted by Crippen LogP contribution is 2.38. The normalized spacial score (nSPS) is 14.8. The van der Waals surface area contributed by atoms with Crippen LogP contribution < -0.4 is 14.4 Å². The molecule has 1 saturated heterocycles. The Labute approximate surface area is 199 Å². The molecule has 0 aromatic heterocycles. The van der Waals surface area contributed by atoms with Gasteiger partial charge in [0.25, 0.3) is 5.91 Å². The topological polar surface area (TPSA) is 38.8 Å². The summed E-state index contributed by atoms with van der Waals surface area (Å²) in [5.41, 5.74) is 0.846. The summed E-state index contributed by atoms with van der Waals surface area (Å²) in [6, 6.07) is 20.6. The highest BCUT2D eigenvalue weighted by Gasteiger charge is 2.34. The molecule has 0 saturated carbocycles. The Morgan fingerprint density at radius 2 is 1.56 bits per heavy atom. The predicted octanol–water partition coefficient (Wildman–Crippen LogP) is 6.34. The lowest BCUT2D eigenvalue weighted by Gasteiger charge is -2.15. The summed E-state index contributed by atoms with van der Waals surface area (Å²) in [6.45, 7) is 0.583. The number of halogens is 2. The summed E-state index contributed by atoms with van der Waals surface area (Å²) < 4.78 is 26.0. The standard InChI is InChI=1S/C24H17ClFNO3S2/c25-17-8-2-6-12-21(17)30-14-13-29-20-11-5-1-7-16(20)15-22-23(28)27(24(31)32-22)19-10-4-3-9-18(19)26/h1-12,15H,13-14H2/b22-15-. The van der Waals surface area contributed by atoms with Gasteiger partial charge in [0.1, 0.15) is 30.5 Å². The van der Waals surface area contributed by atoms with Gasteiger partial charge in [-0.2, -0.15) is 0 Å². The van der Waals surface area contributed by atoms with Gasteiger partial charge in [0.15, 0.2) is 4.32 Å². The lowest BCUT2D eigenvalue weighted by Crippen LogP contribution is -2.28. The lowest BCUT2D eigenvalue weighted by atomic mass is 10.2. The van der Waals surface area contributed by atoms with Crippen molar-refractivity contribution in [1.29, 1.82) is 0 Å². The molecule has 4 nitrogen and oxygen atoms in total. The molecule has 0 unspecified atom stereocenters. The lowest BCUT2D eigenvalue weighted by molar-refractivity contribution is -0.113. The second-order valence-electron chi connectivity index (χ2n) is 6.63. The molecule has 1 aliphatic rings. The van der Waals surface area contributed by atoms with E-state index < -0.39 is 5.82 Å². The quantitative estimate of drug-likeness (QED) is 0.222. The number of thioether (sulfide) groups is 1. The Morgan fingerprint density at radius 3 is 2.31 bits per heavy atom. The number of amides is 1. The molecular formula is C24H17ClFNO3S2. The number of hydrogen-bond donors (Lipinski definition) is 0. The smallest absolute Gasteiger partial charge is 0.270 e. The zero-order chi connectivity index (χ0) is 22.5. The molecule has 4 rings (SSSR count). The van der Waals surface area contributed by atoms with Gasteiger partial charge in [-0.3, -0.25) is 9.69 Å². The summed E-state index contributed by atoms with van der Waals surface area (Å²) in [4.78, 5) is 14.5. The van der Waals surface area contributed by atoms with Gasteiger partial charge in [-0.1, -0.05) is 78.0 Å². The Hall–Kier alpha value is -2.87. The maximum Gasteiger partial charge on any atom is 0.270 e. The minimum atomic E-state index is -0.507. The number of thiocarbonyl (C=S) groups is 1. The summed E-state index contributed by atoms with van der Waals surface area (Å²) in [5, 5.41) is 0.532. The zero-order valence-corrected chi connectivity index (χ0v) is 19.1. The van der Waals surface area contributed by atoms with Crippen LogP contribution >= 0.6 is 35.6 Å². The van der Waals surface area contributed by atoms with Gasteiger partial charge in [-0.25, -0.2) is 4.39 Å². The molecule has 0 aliphatic carbocycles. The van der Waals surface area contributed by atoms with Gasteiger partial charge in [-0.05, 0) is 36.4 Å². The summed E-state index contributed by atoms with van der Waals surface area (Å²) in [5.74, 6) is 0.295. The fraction of sp³-hybridized carbons (Fsp3) is 0.0833. The average Bonchev–Trinajstić information content (AvgIpc) is 3.06. The van der Waals surface area contributed by atoms with Gasteiger partial charge in [-0.15, -0.1) is 0 Å². The second-order valence-corrected chi connectivity index (χ2v) is 8.72. The van der Waals surface area contributed by atoms with Crippen LogP contribution in [-0.2, 0) is 4.79 Å². The number of anilines is 1. The first-order valence-electron chi connectivity index (χ1n) is 9.66. The molecule has 32 heavy (non-hydrogen) atoms. The van der Waals surface area contributed by atoms with E-state index >= 15 is 0 Å². The van der Waals surface area contributed by atoms with E-state index in [-0.39, 0.29) is 22.5 Å². The van der Waals surface area contributed by atoms with Crippen molar-refractivity contribution in [1.82, 2.24) is 0 Å². The Bertz CT molecular complexity index is 1200. The van der Waals surface area contributed by atoms with Crippen LogP contribution in [0.1, 0.15) is 5.56 Å². The molecule has 162 valence electrons. The molecule has 0 atom stereocenters. The molecule has 1 fully saturated rings. The zero-order valence-electron chi connectivity index (χ0n) is 16.7. The highest BCUT2D eigenvalue weighted by atomic mass is 35.5. The highest BCUT2D eigenvalue weighted by molar-refractivity contribution is 8.27. The van der Waals surface area contributed by atoms with E-state index in [0.717, 1.165) is 11.8 Å². The summed E-state index contributed by atoms with van der Waals surface area (Å²) in [6.07, 6.45) is 1.70. The first-order valence-corrected chi connectivity index (χ1v) is 11.3. The number of nitrogens with zero attached hydrogens (tertiary/aromatic N) is 1. The number of rotatable bonds is 7. The van der Waals surface area contributed by atoms with Crippen LogP contribution in [0, 0.1) is 5.82 Å². The molecule has 0 spiro atoms. The van der Waals surface area contributed by atoms with E-state index in [1.807, 2.05) is 30.3 Å². The van der Waals surface area contributed by atoms with Crippen LogP contribution in [0.5, 0.6) is 11.5 Å². The first-order chi connectivity index (χ1) is 15.5. The molecule has 1 amide bonds. The van der Waals surface area contributed by atoms with Gasteiger partial charge < -0.3 is 9.47 Å². The van der Waals surface area contributed by atoms with Crippen molar-refractivity contribution >= 4 is 57.6 Å². The van der Waals surface area contributed by atoms with E-state index in [0.29, 0.717) is 33.6 Å². The maximum atomic E-state index is 14.2. The molecule has 1 heterocycles. The molecule has 8 heteroatoms. The van der Waals surface area contributed by atoms with E-state index in [1.54, 1.807) is 36.4 Å². The van der Waals surface area contributed by atoms with Crippen molar-refractivity contribution in [2.45, 2.75) is 0 Å². The number of ether oxygens (including phenoxy) is 2. The fourth-order valence-corrected chi connectivity index (χ4v) is 4.51. The summed E-state index contributed by atoms with van der Waals surface area (Å²) >= 11 is 12.5. The van der Waals surface area contributed by atoms with Crippen LogP contribution in [0.25, 0.3) is 6.08 Å². The third-order valence-corrected chi connectivity index (χ3v) is 6.14. The third-order valence-electron chi connectivity index (χ3n) is 4.53. The monoisotopic (exact) mass is 485 g/mol. The van der Waals surface area contributed by atoms with Gasteiger partial charge in [0.2, 0.25) is 0 Å².